The third-order valence-electron chi connectivity index (χ3n) is 3.99. The molecule has 0 radical (unpaired) electrons. The number of hydrogen-bond acceptors (Lipinski definition) is 6. The number of benzene rings is 2. The first-order valence-corrected chi connectivity index (χ1v) is 9.79. The third kappa shape index (κ3) is 3.47. The van der Waals surface area contributed by atoms with E-state index in [0.717, 1.165) is 5.56 Å². The zero-order chi connectivity index (χ0) is 19.6. The summed E-state index contributed by atoms with van der Waals surface area (Å²) in [7, 11) is -2.36. The van der Waals surface area contributed by atoms with E-state index in [-0.39, 0.29) is 10.8 Å². The molecule has 0 saturated heterocycles. The summed E-state index contributed by atoms with van der Waals surface area (Å²) in [6, 6.07) is 17.5. The summed E-state index contributed by atoms with van der Waals surface area (Å²) in [5, 5.41) is 7.99. The van der Waals surface area contributed by atoms with Crippen molar-refractivity contribution in [2.24, 2.45) is 0 Å². The largest absolute Gasteiger partial charge is 0.495 e. The molecule has 0 atom stereocenters. The second-order valence-electron chi connectivity index (χ2n) is 5.83. The lowest BCUT2D eigenvalue weighted by Crippen LogP contribution is -2.12. The van der Waals surface area contributed by atoms with Crippen LogP contribution in [0.4, 0.5) is 5.69 Å². The van der Waals surface area contributed by atoms with Crippen molar-refractivity contribution in [3.05, 3.63) is 66.9 Å². The van der Waals surface area contributed by atoms with Crippen molar-refractivity contribution in [3.8, 4) is 28.8 Å². The summed E-state index contributed by atoms with van der Waals surface area (Å²) in [4.78, 5) is 2.90. The van der Waals surface area contributed by atoms with E-state index in [4.69, 9.17) is 9.15 Å². The zero-order valence-electron chi connectivity index (χ0n) is 14.8. The van der Waals surface area contributed by atoms with E-state index in [2.05, 4.69) is 19.9 Å². The van der Waals surface area contributed by atoms with Gasteiger partial charge in [0.15, 0.2) is 0 Å². The summed E-state index contributed by atoms with van der Waals surface area (Å²) in [6.45, 7) is 0. The summed E-state index contributed by atoms with van der Waals surface area (Å²) < 4.78 is 38.7. The van der Waals surface area contributed by atoms with Crippen molar-refractivity contribution in [1.82, 2.24) is 15.2 Å². The van der Waals surface area contributed by atoms with Crippen LogP contribution in [0.1, 0.15) is 0 Å². The van der Waals surface area contributed by atoms with Gasteiger partial charge in [-0.05, 0) is 30.3 Å². The molecule has 0 bridgehead atoms. The lowest BCUT2D eigenvalue weighted by molar-refractivity contribution is 0.417. The van der Waals surface area contributed by atoms with E-state index in [1.807, 2.05) is 30.3 Å². The van der Waals surface area contributed by atoms with E-state index >= 15 is 0 Å². The van der Waals surface area contributed by atoms with Gasteiger partial charge in [0.25, 0.3) is 15.9 Å². The summed E-state index contributed by atoms with van der Waals surface area (Å²) in [5.74, 6) is 0.964. The number of hydrogen-bond donors (Lipinski definition) is 2. The quantitative estimate of drug-likeness (QED) is 0.516. The van der Waals surface area contributed by atoms with E-state index in [9.17, 15) is 8.42 Å². The average Bonchev–Trinajstić information content (AvgIpc) is 3.39. The summed E-state index contributed by atoms with van der Waals surface area (Å²) >= 11 is 0. The third-order valence-corrected chi connectivity index (χ3v) is 5.34. The fourth-order valence-electron chi connectivity index (χ4n) is 2.62. The molecule has 0 amide bonds. The highest BCUT2D eigenvalue weighted by Crippen LogP contribution is 2.28. The Balaban J connectivity index is 1.60. The van der Waals surface area contributed by atoms with Gasteiger partial charge in [0.1, 0.15) is 16.3 Å². The van der Waals surface area contributed by atoms with E-state index in [1.165, 1.54) is 19.4 Å². The van der Waals surface area contributed by atoms with Crippen LogP contribution < -0.4 is 9.46 Å². The maximum absolute atomic E-state index is 12.7. The van der Waals surface area contributed by atoms with Crippen molar-refractivity contribution < 1.29 is 17.6 Å². The first-order valence-electron chi connectivity index (χ1n) is 8.30. The van der Waals surface area contributed by atoms with Gasteiger partial charge in [-0.2, -0.15) is 0 Å². The van der Waals surface area contributed by atoms with E-state index in [0.29, 0.717) is 23.0 Å². The van der Waals surface area contributed by atoms with Crippen molar-refractivity contribution in [1.29, 1.82) is 0 Å². The molecule has 0 unspecified atom stereocenters. The van der Waals surface area contributed by atoms with Crippen LogP contribution in [-0.2, 0) is 10.0 Å². The van der Waals surface area contributed by atoms with Crippen LogP contribution in [0, 0.1) is 0 Å². The SMILES string of the molecule is COc1ccccc1NS(=O)(=O)c1c[nH]c(-c2nnc(-c3ccccc3)o2)c1. The number of anilines is 1. The number of sulfonamides is 1. The number of ether oxygens (including phenoxy) is 1. The zero-order valence-corrected chi connectivity index (χ0v) is 15.6. The molecule has 0 aliphatic rings. The van der Waals surface area contributed by atoms with Gasteiger partial charge in [-0.3, -0.25) is 4.72 Å². The molecule has 8 nitrogen and oxygen atoms in total. The molecule has 2 heterocycles. The van der Waals surface area contributed by atoms with Gasteiger partial charge < -0.3 is 14.1 Å². The van der Waals surface area contributed by atoms with Crippen LogP contribution in [0.5, 0.6) is 5.75 Å². The normalized spacial score (nSPS) is 11.3. The molecule has 2 aromatic heterocycles. The highest BCUT2D eigenvalue weighted by molar-refractivity contribution is 7.92. The Morgan fingerprint density at radius 3 is 2.50 bits per heavy atom. The molecule has 4 rings (SSSR count). The Labute approximate surface area is 161 Å². The number of nitrogens with zero attached hydrogens (tertiary/aromatic N) is 2. The molecule has 9 heteroatoms. The van der Waals surface area contributed by atoms with Crippen LogP contribution >= 0.6 is 0 Å². The number of H-pyrrole nitrogens is 1. The number of aromatic amines is 1. The highest BCUT2D eigenvalue weighted by Gasteiger charge is 2.20. The van der Waals surface area contributed by atoms with Crippen LogP contribution in [0.2, 0.25) is 0 Å². The van der Waals surface area contributed by atoms with Crippen molar-refractivity contribution in [2.75, 3.05) is 11.8 Å². The lowest BCUT2D eigenvalue weighted by Gasteiger charge is -2.10. The minimum Gasteiger partial charge on any atom is -0.495 e. The molecule has 2 N–H and O–H groups in total. The van der Waals surface area contributed by atoms with Crippen LogP contribution in [-0.4, -0.2) is 30.7 Å². The smallest absolute Gasteiger partial charge is 0.264 e. The minimum atomic E-state index is -3.83. The topological polar surface area (TPSA) is 110 Å². The first kappa shape index (κ1) is 17.8. The molecule has 0 aliphatic carbocycles. The fourth-order valence-corrected chi connectivity index (χ4v) is 3.68. The monoisotopic (exact) mass is 396 g/mol. The molecule has 0 spiro atoms. The number of methoxy groups -OCH3 is 1. The van der Waals surface area contributed by atoms with Crippen molar-refractivity contribution >= 4 is 15.7 Å². The molecule has 4 aromatic rings. The molecule has 0 aliphatic heterocycles. The predicted molar refractivity (Wildman–Crippen MR) is 103 cm³/mol. The lowest BCUT2D eigenvalue weighted by atomic mass is 10.2. The van der Waals surface area contributed by atoms with Gasteiger partial charge in [0, 0.05) is 11.8 Å². The van der Waals surface area contributed by atoms with Gasteiger partial charge in [-0.25, -0.2) is 8.42 Å². The van der Waals surface area contributed by atoms with E-state index < -0.39 is 10.0 Å². The van der Waals surface area contributed by atoms with Crippen LogP contribution in [0.3, 0.4) is 0 Å². The van der Waals surface area contributed by atoms with Gasteiger partial charge in [-0.1, -0.05) is 30.3 Å². The van der Waals surface area contributed by atoms with Gasteiger partial charge in [0.05, 0.1) is 12.8 Å². The van der Waals surface area contributed by atoms with Gasteiger partial charge in [-0.15, -0.1) is 10.2 Å². The predicted octanol–water partition coefficient (Wildman–Crippen LogP) is 3.54. The van der Waals surface area contributed by atoms with Crippen LogP contribution in [0.15, 0.2) is 76.2 Å². The van der Waals surface area contributed by atoms with E-state index in [1.54, 1.807) is 24.3 Å². The molecule has 0 saturated carbocycles. The van der Waals surface area contributed by atoms with Gasteiger partial charge in [0.2, 0.25) is 5.89 Å². The number of aromatic nitrogens is 3. The Hall–Kier alpha value is -3.59. The minimum absolute atomic E-state index is 0.0351. The molecule has 28 heavy (non-hydrogen) atoms. The van der Waals surface area contributed by atoms with Gasteiger partial charge >= 0.3 is 0 Å². The Bertz CT molecular complexity index is 1200. The second-order valence-corrected chi connectivity index (χ2v) is 7.52. The molecule has 0 fully saturated rings. The summed E-state index contributed by atoms with van der Waals surface area (Å²) in [5.41, 5.74) is 1.52. The number of nitrogens with one attached hydrogen (secondary N) is 2. The maximum atomic E-state index is 12.7. The second kappa shape index (κ2) is 7.20. The molecular formula is C19H16N4O4S. The number of rotatable bonds is 6. The first-order chi connectivity index (χ1) is 13.6. The molecule has 2 aromatic carbocycles. The van der Waals surface area contributed by atoms with Crippen LogP contribution in [0.25, 0.3) is 23.0 Å². The maximum Gasteiger partial charge on any atom is 0.264 e. The van der Waals surface area contributed by atoms with Crippen molar-refractivity contribution in [2.45, 2.75) is 4.90 Å². The molecular weight excluding hydrogens is 380 g/mol. The summed E-state index contributed by atoms with van der Waals surface area (Å²) in [6.07, 6.45) is 1.36. The Morgan fingerprint density at radius 1 is 1.00 bits per heavy atom. The average molecular weight is 396 g/mol. The Morgan fingerprint density at radius 2 is 1.71 bits per heavy atom. The Kier molecular flexibility index (Phi) is 4.58. The fraction of sp³-hybridized carbons (Fsp3) is 0.0526. The van der Waals surface area contributed by atoms with Crippen molar-refractivity contribution in [3.63, 3.8) is 0 Å². The molecule has 142 valence electrons. The highest BCUT2D eigenvalue weighted by atomic mass is 32.2. The standard InChI is InChI=1S/C19H16N4O4S/c1-26-17-10-6-5-9-15(17)23-28(24,25)14-11-16(20-12-14)19-22-21-18(27-19)13-7-3-2-4-8-13/h2-12,20,23H,1H3. The number of para-hydroxylation sites is 2.